The largest absolute Gasteiger partial charge is 0.347 e. The number of nitrogens with one attached hydrogen (secondary N) is 1. The van der Waals surface area contributed by atoms with Crippen LogP contribution in [0.2, 0.25) is 0 Å². The molecule has 1 heterocycles. The van der Waals surface area contributed by atoms with Crippen molar-refractivity contribution in [3.05, 3.63) is 69.7 Å². The van der Waals surface area contributed by atoms with Crippen LogP contribution in [0.1, 0.15) is 58.4 Å². The van der Waals surface area contributed by atoms with E-state index in [4.69, 9.17) is 0 Å². The predicted octanol–water partition coefficient (Wildman–Crippen LogP) is 4.02. The highest BCUT2D eigenvalue weighted by molar-refractivity contribution is 9.10. The van der Waals surface area contributed by atoms with Gasteiger partial charge in [-0.15, -0.1) is 0 Å². The topological polar surface area (TPSA) is 66.5 Å². The van der Waals surface area contributed by atoms with Gasteiger partial charge >= 0.3 is 0 Å². The van der Waals surface area contributed by atoms with Gasteiger partial charge in [0.25, 0.3) is 11.8 Å². The van der Waals surface area contributed by atoms with Gasteiger partial charge in [-0.3, -0.25) is 19.3 Å². The Morgan fingerprint density at radius 2 is 1.75 bits per heavy atom. The zero-order valence-corrected chi connectivity index (χ0v) is 17.0. The summed E-state index contributed by atoms with van der Waals surface area (Å²) in [6, 6.07) is 15.1. The van der Waals surface area contributed by atoms with Gasteiger partial charge in [0.05, 0.1) is 16.7 Å². The van der Waals surface area contributed by atoms with Gasteiger partial charge in [-0.2, -0.15) is 0 Å². The molecule has 0 aromatic heterocycles. The third-order valence-corrected chi connectivity index (χ3v) is 6.12. The minimum Gasteiger partial charge on any atom is -0.347 e. The van der Waals surface area contributed by atoms with Crippen LogP contribution in [0.5, 0.6) is 0 Å². The summed E-state index contributed by atoms with van der Waals surface area (Å²) >= 11 is 3.33. The molecule has 1 aliphatic carbocycles. The van der Waals surface area contributed by atoms with E-state index in [1.165, 1.54) is 4.90 Å². The number of rotatable bonds is 6. The van der Waals surface area contributed by atoms with E-state index in [2.05, 4.69) is 33.4 Å². The first-order valence-electron chi connectivity index (χ1n) is 9.52. The minimum atomic E-state index is -0.290. The van der Waals surface area contributed by atoms with Crippen molar-refractivity contribution in [2.24, 2.45) is 0 Å². The van der Waals surface area contributed by atoms with Crippen LogP contribution in [0.3, 0.4) is 0 Å². The number of halogens is 1. The summed E-state index contributed by atoms with van der Waals surface area (Å²) in [5.41, 5.74) is 1.72. The fourth-order valence-electron chi connectivity index (χ4n) is 3.97. The zero-order valence-electron chi connectivity index (χ0n) is 15.4. The SMILES string of the molecule is O=C(CCCN1C(=O)c2ccc(Br)cc2C1=O)NC1(c2ccccc2)CCC1. The van der Waals surface area contributed by atoms with Crippen LogP contribution in [0.15, 0.2) is 53.0 Å². The quantitative estimate of drug-likeness (QED) is 0.689. The molecular formula is C22H21BrN2O3. The first-order valence-corrected chi connectivity index (χ1v) is 10.3. The third-order valence-electron chi connectivity index (χ3n) is 5.63. The maximum Gasteiger partial charge on any atom is 0.261 e. The summed E-state index contributed by atoms with van der Waals surface area (Å²) in [5.74, 6) is -0.614. The molecule has 1 fully saturated rings. The Morgan fingerprint density at radius 1 is 1.04 bits per heavy atom. The fourth-order valence-corrected chi connectivity index (χ4v) is 4.33. The van der Waals surface area contributed by atoms with Crippen molar-refractivity contribution in [3.8, 4) is 0 Å². The van der Waals surface area contributed by atoms with E-state index in [0.29, 0.717) is 17.5 Å². The molecule has 0 radical (unpaired) electrons. The molecule has 28 heavy (non-hydrogen) atoms. The summed E-state index contributed by atoms with van der Waals surface area (Å²) < 4.78 is 0.764. The highest BCUT2D eigenvalue weighted by Gasteiger charge is 2.40. The second-order valence-electron chi connectivity index (χ2n) is 7.41. The predicted molar refractivity (Wildman–Crippen MR) is 109 cm³/mol. The minimum absolute atomic E-state index is 0.0390. The van der Waals surface area contributed by atoms with Crippen LogP contribution >= 0.6 is 15.9 Å². The molecule has 1 N–H and O–H groups in total. The first kappa shape index (κ1) is 18.9. The van der Waals surface area contributed by atoms with Gasteiger partial charge in [-0.1, -0.05) is 46.3 Å². The number of fused-ring (bicyclic) bond motifs is 1. The number of nitrogens with zero attached hydrogens (tertiary/aromatic N) is 1. The second kappa shape index (κ2) is 7.51. The molecule has 0 atom stereocenters. The number of benzene rings is 2. The molecule has 0 unspecified atom stereocenters. The molecule has 144 valence electrons. The summed E-state index contributed by atoms with van der Waals surface area (Å²) in [4.78, 5) is 38.7. The van der Waals surface area contributed by atoms with E-state index in [-0.39, 0.29) is 36.2 Å². The van der Waals surface area contributed by atoms with Crippen molar-refractivity contribution in [1.29, 1.82) is 0 Å². The Balaban J connectivity index is 1.34. The van der Waals surface area contributed by atoms with Crippen LogP contribution < -0.4 is 5.32 Å². The van der Waals surface area contributed by atoms with Gasteiger partial charge in [-0.25, -0.2) is 0 Å². The number of imide groups is 1. The smallest absolute Gasteiger partial charge is 0.261 e. The fraction of sp³-hybridized carbons (Fsp3) is 0.318. The average molecular weight is 441 g/mol. The van der Waals surface area contributed by atoms with Crippen LogP contribution in [0.25, 0.3) is 0 Å². The number of carbonyl (C=O) groups excluding carboxylic acids is 3. The molecule has 3 amide bonds. The number of hydrogen-bond acceptors (Lipinski definition) is 3. The molecule has 4 rings (SSSR count). The van der Waals surface area contributed by atoms with Crippen molar-refractivity contribution in [3.63, 3.8) is 0 Å². The Bertz CT molecular complexity index is 938. The third kappa shape index (κ3) is 3.37. The van der Waals surface area contributed by atoms with E-state index >= 15 is 0 Å². The van der Waals surface area contributed by atoms with Gasteiger partial charge in [0.1, 0.15) is 0 Å². The molecule has 2 aliphatic rings. The number of carbonyl (C=O) groups is 3. The summed E-state index contributed by atoms with van der Waals surface area (Å²) in [6.45, 7) is 0.246. The molecule has 0 saturated heterocycles. The summed E-state index contributed by atoms with van der Waals surface area (Å²) in [5, 5.41) is 3.19. The highest BCUT2D eigenvalue weighted by Crippen LogP contribution is 2.41. The lowest BCUT2D eigenvalue weighted by Gasteiger charge is -2.43. The molecule has 1 aliphatic heterocycles. The molecule has 2 aromatic rings. The van der Waals surface area contributed by atoms with E-state index in [1.54, 1.807) is 18.2 Å². The summed E-state index contributed by atoms with van der Waals surface area (Å²) in [7, 11) is 0. The molecular weight excluding hydrogens is 420 g/mol. The van der Waals surface area contributed by atoms with Crippen LogP contribution in [-0.4, -0.2) is 29.2 Å². The molecule has 5 nitrogen and oxygen atoms in total. The summed E-state index contributed by atoms with van der Waals surface area (Å²) in [6.07, 6.45) is 3.71. The van der Waals surface area contributed by atoms with Crippen molar-refractivity contribution in [2.45, 2.75) is 37.6 Å². The molecule has 0 bridgehead atoms. The molecule has 6 heteroatoms. The molecule has 0 spiro atoms. The van der Waals surface area contributed by atoms with E-state index in [0.717, 1.165) is 29.3 Å². The van der Waals surface area contributed by atoms with E-state index < -0.39 is 0 Å². The van der Waals surface area contributed by atoms with Crippen LogP contribution in [-0.2, 0) is 10.3 Å². The number of amides is 3. The van der Waals surface area contributed by atoms with Gasteiger partial charge in [0, 0.05) is 17.4 Å². The van der Waals surface area contributed by atoms with Crippen LogP contribution in [0.4, 0.5) is 0 Å². The van der Waals surface area contributed by atoms with E-state index in [1.807, 2.05) is 18.2 Å². The Kier molecular flexibility index (Phi) is 5.06. The van der Waals surface area contributed by atoms with E-state index in [9.17, 15) is 14.4 Å². The van der Waals surface area contributed by atoms with Gasteiger partial charge in [0.15, 0.2) is 0 Å². The van der Waals surface area contributed by atoms with Gasteiger partial charge in [-0.05, 0) is 49.4 Å². The van der Waals surface area contributed by atoms with Gasteiger partial charge in [0.2, 0.25) is 5.91 Å². The average Bonchev–Trinajstić information content (AvgIpc) is 2.89. The maximum absolute atomic E-state index is 12.5. The standard InChI is InChI=1S/C22H21BrN2O3/c23-16-9-10-17-18(14-16)21(28)25(20(17)27)13-4-8-19(26)24-22(11-5-12-22)15-6-2-1-3-7-15/h1-3,6-7,9-10,14H,4-5,8,11-13H2,(H,24,26). The molecule has 1 saturated carbocycles. The highest BCUT2D eigenvalue weighted by atomic mass is 79.9. The second-order valence-corrected chi connectivity index (χ2v) is 8.32. The van der Waals surface area contributed by atoms with Crippen molar-refractivity contribution in [2.75, 3.05) is 6.54 Å². The van der Waals surface area contributed by atoms with Gasteiger partial charge < -0.3 is 5.32 Å². The normalized spacial score (nSPS) is 17.2. The maximum atomic E-state index is 12.5. The first-order chi connectivity index (χ1) is 13.5. The Hall–Kier alpha value is -2.47. The lowest BCUT2D eigenvalue weighted by atomic mass is 9.71. The lowest BCUT2D eigenvalue weighted by Crippen LogP contribution is -2.50. The zero-order chi connectivity index (χ0) is 19.7. The Morgan fingerprint density at radius 3 is 2.43 bits per heavy atom. The van der Waals surface area contributed by atoms with Crippen molar-refractivity contribution < 1.29 is 14.4 Å². The Labute approximate surface area is 172 Å². The van der Waals surface area contributed by atoms with Crippen molar-refractivity contribution in [1.82, 2.24) is 10.2 Å². The van der Waals surface area contributed by atoms with Crippen molar-refractivity contribution >= 4 is 33.7 Å². The lowest BCUT2D eigenvalue weighted by molar-refractivity contribution is -0.124. The molecule has 2 aromatic carbocycles. The monoisotopic (exact) mass is 440 g/mol. The van der Waals surface area contributed by atoms with Crippen LogP contribution in [0, 0.1) is 0 Å². The number of hydrogen-bond donors (Lipinski definition) is 1.